The Hall–Kier alpha value is -4.76. The fraction of sp³-hybridized carbons (Fsp3) is 0.333. The number of aromatic amines is 1. The number of nitrogens with one attached hydrogen (secondary N) is 1. The first kappa shape index (κ1) is 29.0. The van der Waals surface area contributed by atoms with Crippen molar-refractivity contribution in [3.05, 3.63) is 108 Å². The highest BCUT2D eigenvalue weighted by Crippen LogP contribution is 2.37. The Morgan fingerprint density at radius 2 is 1.64 bits per heavy atom. The van der Waals surface area contributed by atoms with E-state index in [0.29, 0.717) is 24.6 Å². The van der Waals surface area contributed by atoms with Crippen LogP contribution in [0.25, 0.3) is 22.5 Å². The van der Waals surface area contributed by atoms with Gasteiger partial charge in [-0.3, -0.25) is 14.5 Å². The summed E-state index contributed by atoms with van der Waals surface area (Å²) in [5.74, 6) is 2.21. The summed E-state index contributed by atoms with van der Waals surface area (Å²) in [6.07, 6.45) is 5.71. The van der Waals surface area contributed by atoms with Crippen molar-refractivity contribution in [1.29, 1.82) is 0 Å². The molecule has 1 N–H and O–H groups in total. The molecule has 2 fully saturated rings. The molecule has 0 spiro atoms. The molecule has 9 nitrogen and oxygen atoms in total. The summed E-state index contributed by atoms with van der Waals surface area (Å²) >= 11 is 0. The molecule has 3 atom stereocenters. The minimum atomic E-state index is -0.355. The predicted molar refractivity (Wildman–Crippen MR) is 172 cm³/mol. The lowest BCUT2D eigenvalue weighted by molar-refractivity contribution is -0.137. The molecular weight excluding hydrogens is 564 g/mol. The lowest BCUT2D eigenvalue weighted by atomic mass is 10.0. The van der Waals surface area contributed by atoms with Crippen molar-refractivity contribution in [3.8, 4) is 11.5 Å². The van der Waals surface area contributed by atoms with Crippen molar-refractivity contribution in [1.82, 2.24) is 29.7 Å². The van der Waals surface area contributed by atoms with Crippen LogP contribution in [0.15, 0.2) is 89.5 Å². The molecule has 45 heavy (non-hydrogen) atoms. The molecule has 2 aliphatic heterocycles. The topological polar surface area (TPSA) is 98.6 Å². The Morgan fingerprint density at radius 3 is 2.40 bits per heavy atom. The minimum Gasteiger partial charge on any atom is -0.439 e. The number of aromatic nitrogens is 3. The van der Waals surface area contributed by atoms with E-state index in [0.717, 1.165) is 65.8 Å². The maximum atomic E-state index is 13.9. The van der Waals surface area contributed by atoms with E-state index in [1.54, 1.807) is 6.20 Å². The summed E-state index contributed by atoms with van der Waals surface area (Å²) in [6.45, 7) is 1.42. The van der Waals surface area contributed by atoms with Gasteiger partial charge in [0.15, 0.2) is 0 Å². The average molecular weight is 603 g/mol. The van der Waals surface area contributed by atoms with E-state index >= 15 is 0 Å². The third-order valence-corrected chi connectivity index (χ3v) is 9.09. The molecule has 3 unspecified atom stereocenters. The zero-order chi connectivity index (χ0) is 30.9. The first-order valence-electron chi connectivity index (χ1n) is 15.8. The number of hydrogen-bond acceptors (Lipinski definition) is 6. The van der Waals surface area contributed by atoms with Crippen LogP contribution in [0, 0.1) is 0 Å². The van der Waals surface area contributed by atoms with E-state index in [4.69, 9.17) is 9.40 Å². The van der Waals surface area contributed by atoms with Crippen molar-refractivity contribution in [2.75, 3.05) is 27.2 Å². The largest absolute Gasteiger partial charge is 0.439 e. The molecular formula is C36H38N6O3. The van der Waals surface area contributed by atoms with Gasteiger partial charge in [0.25, 0.3) is 0 Å². The number of nitrogens with zero attached hydrogens (tertiary/aromatic N) is 5. The molecule has 5 aromatic rings. The summed E-state index contributed by atoms with van der Waals surface area (Å²) in [4.78, 5) is 46.0. The van der Waals surface area contributed by atoms with Gasteiger partial charge in [-0.1, -0.05) is 60.7 Å². The Labute approximate surface area is 262 Å². The number of rotatable bonds is 8. The number of carbonyl (C=O) groups excluding carboxylic acids is 2. The number of oxazole rings is 1. The van der Waals surface area contributed by atoms with Crippen molar-refractivity contribution in [2.24, 2.45) is 0 Å². The van der Waals surface area contributed by atoms with Gasteiger partial charge < -0.3 is 19.2 Å². The fourth-order valence-electron chi connectivity index (χ4n) is 6.90. The molecule has 0 aliphatic carbocycles. The molecule has 230 valence electrons. The van der Waals surface area contributed by atoms with Crippen LogP contribution in [0.3, 0.4) is 0 Å². The van der Waals surface area contributed by atoms with E-state index in [1.165, 1.54) is 0 Å². The highest BCUT2D eigenvalue weighted by atomic mass is 16.4. The maximum Gasteiger partial charge on any atom is 0.245 e. The number of H-pyrrole nitrogens is 1. The van der Waals surface area contributed by atoms with E-state index in [9.17, 15) is 9.59 Å². The number of fused-ring (bicyclic) bond motifs is 1. The third-order valence-electron chi connectivity index (χ3n) is 9.09. The van der Waals surface area contributed by atoms with E-state index in [2.05, 4.69) is 9.97 Å². The van der Waals surface area contributed by atoms with Crippen LogP contribution in [-0.4, -0.2) is 68.7 Å². The summed E-state index contributed by atoms with van der Waals surface area (Å²) < 4.78 is 6.28. The van der Waals surface area contributed by atoms with Crippen molar-refractivity contribution >= 4 is 22.8 Å². The van der Waals surface area contributed by atoms with Gasteiger partial charge in [0.05, 0.1) is 35.7 Å². The second kappa shape index (κ2) is 12.3. The van der Waals surface area contributed by atoms with E-state index in [-0.39, 0.29) is 29.9 Å². The van der Waals surface area contributed by atoms with E-state index < -0.39 is 0 Å². The monoisotopic (exact) mass is 602 g/mol. The molecule has 0 bridgehead atoms. The molecule has 3 aromatic carbocycles. The number of carbonyl (C=O) groups is 2. The number of likely N-dealkylation sites (N-methyl/N-ethyl adjacent to an activating group) is 1. The molecule has 0 saturated carbocycles. The number of imidazole rings is 1. The van der Waals surface area contributed by atoms with Crippen LogP contribution in [0.5, 0.6) is 0 Å². The zero-order valence-electron chi connectivity index (χ0n) is 25.7. The number of amides is 2. The zero-order valence-corrected chi connectivity index (χ0v) is 25.7. The number of benzene rings is 3. The highest BCUT2D eigenvalue weighted by Gasteiger charge is 2.37. The minimum absolute atomic E-state index is 0.0883. The van der Waals surface area contributed by atoms with Gasteiger partial charge in [-0.15, -0.1) is 0 Å². The van der Waals surface area contributed by atoms with Gasteiger partial charge in [0.2, 0.25) is 17.7 Å². The molecule has 7 rings (SSSR count). The Balaban J connectivity index is 1.09. The van der Waals surface area contributed by atoms with Gasteiger partial charge >= 0.3 is 0 Å². The average Bonchev–Trinajstić information content (AvgIpc) is 3.87. The van der Waals surface area contributed by atoms with Gasteiger partial charge in [0, 0.05) is 18.7 Å². The SMILES string of the molecule is CN(C)C(C(=O)N1CCCC1c1nc2ccc(-c3ncc(C4CCCN4C(=O)Cc4ccccc4)o3)cc2[nH]1)c1ccccc1. The summed E-state index contributed by atoms with van der Waals surface area (Å²) in [7, 11) is 3.90. The van der Waals surface area contributed by atoms with Crippen molar-refractivity contribution in [2.45, 2.75) is 50.2 Å². The van der Waals surface area contributed by atoms with Crippen LogP contribution in [0.2, 0.25) is 0 Å². The molecule has 9 heteroatoms. The number of likely N-dealkylation sites (tertiary alicyclic amines) is 2. The van der Waals surface area contributed by atoms with Crippen LogP contribution in [0.1, 0.15) is 66.5 Å². The summed E-state index contributed by atoms with van der Waals surface area (Å²) in [6, 6.07) is 25.1. The number of hydrogen-bond donors (Lipinski definition) is 1. The summed E-state index contributed by atoms with van der Waals surface area (Å²) in [5, 5.41) is 0. The predicted octanol–water partition coefficient (Wildman–Crippen LogP) is 6.09. The molecule has 2 aliphatic rings. The van der Waals surface area contributed by atoms with Gasteiger partial charge in [-0.2, -0.15) is 0 Å². The van der Waals surface area contributed by atoms with Gasteiger partial charge in [-0.25, -0.2) is 9.97 Å². The summed E-state index contributed by atoms with van der Waals surface area (Å²) in [5.41, 5.74) is 4.53. The smallest absolute Gasteiger partial charge is 0.245 e. The van der Waals surface area contributed by atoms with E-state index in [1.807, 2.05) is 108 Å². The van der Waals surface area contributed by atoms with Crippen LogP contribution in [0.4, 0.5) is 0 Å². The Bertz CT molecular complexity index is 1800. The van der Waals surface area contributed by atoms with Gasteiger partial charge in [-0.05, 0) is 69.1 Å². The molecule has 0 radical (unpaired) electrons. The normalized spacial score (nSPS) is 19.1. The Morgan fingerprint density at radius 1 is 0.933 bits per heavy atom. The van der Waals surface area contributed by atoms with Crippen LogP contribution >= 0.6 is 0 Å². The molecule has 4 heterocycles. The van der Waals surface area contributed by atoms with Crippen LogP contribution in [-0.2, 0) is 16.0 Å². The lowest BCUT2D eigenvalue weighted by Gasteiger charge is -2.31. The molecule has 2 amide bonds. The second-order valence-electron chi connectivity index (χ2n) is 12.3. The highest BCUT2D eigenvalue weighted by molar-refractivity contribution is 5.84. The third kappa shape index (κ3) is 5.76. The fourth-order valence-corrected chi connectivity index (χ4v) is 6.90. The van der Waals surface area contributed by atoms with Crippen molar-refractivity contribution in [3.63, 3.8) is 0 Å². The maximum absolute atomic E-state index is 13.9. The molecule has 2 aromatic heterocycles. The van der Waals surface area contributed by atoms with Crippen LogP contribution < -0.4 is 0 Å². The lowest BCUT2D eigenvalue weighted by Crippen LogP contribution is -2.40. The Kier molecular flexibility index (Phi) is 7.94. The first-order chi connectivity index (χ1) is 22.0. The first-order valence-corrected chi connectivity index (χ1v) is 15.8. The standard InChI is InChI=1S/C36H38N6O3/c1-40(2)33(25-13-7-4-8-14-25)36(44)42-20-10-16-30(42)34-38-27-18-17-26(22-28(27)39-34)35-37-23-31(45-35)29-15-9-19-41(29)32(43)21-24-11-5-3-6-12-24/h3-8,11-14,17-18,22-23,29-30,33H,9-10,15-16,19-21H2,1-2H3,(H,38,39). The molecule has 2 saturated heterocycles. The van der Waals surface area contributed by atoms with Crippen molar-refractivity contribution < 1.29 is 14.0 Å². The second-order valence-corrected chi connectivity index (χ2v) is 12.3. The van der Waals surface area contributed by atoms with Gasteiger partial charge in [0.1, 0.15) is 17.6 Å². The quantitative estimate of drug-likeness (QED) is 0.231.